The molecule has 0 aliphatic carbocycles. The minimum absolute atomic E-state index is 0.0883. The van der Waals surface area contributed by atoms with Gasteiger partial charge < -0.3 is 25.4 Å². The molecule has 0 spiro atoms. The molecular weight excluding hydrogens is 386 g/mol. The monoisotopic (exact) mass is 413 g/mol. The van der Waals surface area contributed by atoms with Crippen LogP contribution in [-0.4, -0.2) is 45.0 Å². The van der Waals surface area contributed by atoms with Gasteiger partial charge in [0.1, 0.15) is 17.1 Å². The zero-order chi connectivity index (χ0) is 22.1. The van der Waals surface area contributed by atoms with Crippen molar-refractivity contribution in [3.63, 3.8) is 0 Å². The summed E-state index contributed by atoms with van der Waals surface area (Å²) >= 11 is 0. The Balaban J connectivity index is 1.85. The standard InChI is InChI=1S/C22H27N3O5/c1-14(2)20(26)25-16-10-8-15(9-11-16)21(27)23-12-13-24-22(28)19-17(29-3)6-5-7-18(19)30-4/h5-11,14H,12-13H2,1-4H3,(H,23,27)(H,24,28)(H,25,26). The molecule has 0 atom stereocenters. The molecule has 0 bridgehead atoms. The topological polar surface area (TPSA) is 106 Å². The molecule has 0 heterocycles. The number of carbonyl (C=O) groups excluding carboxylic acids is 3. The average molecular weight is 413 g/mol. The summed E-state index contributed by atoms with van der Waals surface area (Å²) in [5.41, 5.74) is 1.38. The van der Waals surface area contributed by atoms with Crippen molar-refractivity contribution in [2.24, 2.45) is 5.92 Å². The lowest BCUT2D eigenvalue weighted by Crippen LogP contribution is -2.35. The smallest absolute Gasteiger partial charge is 0.258 e. The highest BCUT2D eigenvalue weighted by Gasteiger charge is 2.17. The molecule has 0 aliphatic rings. The van der Waals surface area contributed by atoms with E-state index in [2.05, 4.69) is 16.0 Å². The van der Waals surface area contributed by atoms with E-state index in [1.54, 1.807) is 56.3 Å². The SMILES string of the molecule is COc1cccc(OC)c1C(=O)NCCNC(=O)c1ccc(NC(=O)C(C)C)cc1. The lowest BCUT2D eigenvalue weighted by atomic mass is 10.1. The summed E-state index contributed by atoms with van der Waals surface area (Å²) in [4.78, 5) is 36.4. The summed E-state index contributed by atoms with van der Waals surface area (Å²) in [5.74, 6) is -0.0423. The first kappa shape index (κ1) is 22.7. The predicted molar refractivity (Wildman–Crippen MR) is 114 cm³/mol. The molecule has 0 aromatic heterocycles. The van der Waals surface area contributed by atoms with Crippen LogP contribution in [-0.2, 0) is 4.79 Å². The van der Waals surface area contributed by atoms with Crippen LogP contribution in [0.3, 0.4) is 0 Å². The quantitative estimate of drug-likeness (QED) is 0.548. The molecule has 0 saturated carbocycles. The number of ether oxygens (including phenoxy) is 2. The number of hydrogen-bond donors (Lipinski definition) is 3. The number of anilines is 1. The zero-order valence-electron chi connectivity index (χ0n) is 17.6. The molecule has 30 heavy (non-hydrogen) atoms. The lowest BCUT2D eigenvalue weighted by Gasteiger charge is -2.13. The molecule has 0 saturated heterocycles. The summed E-state index contributed by atoms with van der Waals surface area (Å²) in [6.45, 7) is 4.09. The Hall–Kier alpha value is -3.55. The van der Waals surface area contributed by atoms with Crippen LogP contribution in [0.1, 0.15) is 34.6 Å². The Morgan fingerprint density at radius 2 is 1.37 bits per heavy atom. The average Bonchev–Trinajstić information content (AvgIpc) is 2.76. The van der Waals surface area contributed by atoms with Gasteiger partial charge in [-0.1, -0.05) is 19.9 Å². The van der Waals surface area contributed by atoms with Crippen molar-refractivity contribution >= 4 is 23.4 Å². The van der Waals surface area contributed by atoms with E-state index in [1.807, 2.05) is 0 Å². The van der Waals surface area contributed by atoms with Gasteiger partial charge >= 0.3 is 0 Å². The Morgan fingerprint density at radius 1 is 0.833 bits per heavy atom. The number of carbonyl (C=O) groups is 3. The largest absolute Gasteiger partial charge is 0.496 e. The van der Waals surface area contributed by atoms with Gasteiger partial charge in [-0.05, 0) is 36.4 Å². The van der Waals surface area contributed by atoms with E-state index in [9.17, 15) is 14.4 Å². The van der Waals surface area contributed by atoms with Gasteiger partial charge in [0.15, 0.2) is 0 Å². The minimum atomic E-state index is -0.358. The maximum absolute atomic E-state index is 12.5. The third-order valence-corrected chi connectivity index (χ3v) is 4.29. The Labute approximate surface area is 175 Å². The highest BCUT2D eigenvalue weighted by Crippen LogP contribution is 2.27. The highest BCUT2D eigenvalue weighted by molar-refractivity contribution is 6.00. The van der Waals surface area contributed by atoms with E-state index >= 15 is 0 Å². The predicted octanol–water partition coefficient (Wildman–Crippen LogP) is 2.46. The van der Waals surface area contributed by atoms with E-state index < -0.39 is 0 Å². The summed E-state index contributed by atoms with van der Waals surface area (Å²) < 4.78 is 10.4. The first-order valence-corrected chi connectivity index (χ1v) is 9.55. The van der Waals surface area contributed by atoms with Crippen LogP contribution in [0.15, 0.2) is 42.5 Å². The van der Waals surface area contributed by atoms with Crippen LogP contribution in [0.2, 0.25) is 0 Å². The maximum atomic E-state index is 12.5. The van der Waals surface area contributed by atoms with Crippen molar-refractivity contribution in [1.82, 2.24) is 10.6 Å². The van der Waals surface area contributed by atoms with Crippen molar-refractivity contribution in [2.75, 3.05) is 32.6 Å². The summed E-state index contributed by atoms with van der Waals surface area (Å²) in [6.07, 6.45) is 0. The normalized spacial score (nSPS) is 10.3. The van der Waals surface area contributed by atoms with Crippen molar-refractivity contribution < 1.29 is 23.9 Å². The molecule has 3 amide bonds. The molecule has 0 unspecified atom stereocenters. The Bertz CT molecular complexity index is 872. The molecule has 8 nitrogen and oxygen atoms in total. The van der Waals surface area contributed by atoms with Crippen molar-refractivity contribution in [3.05, 3.63) is 53.6 Å². The zero-order valence-corrected chi connectivity index (χ0v) is 17.6. The van der Waals surface area contributed by atoms with Gasteiger partial charge in [0.25, 0.3) is 11.8 Å². The molecule has 2 aromatic rings. The second-order valence-corrected chi connectivity index (χ2v) is 6.77. The van der Waals surface area contributed by atoms with Crippen LogP contribution >= 0.6 is 0 Å². The Kier molecular flexibility index (Phi) is 8.22. The fraction of sp³-hybridized carbons (Fsp3) is 0.318. The molecule has 8 heteroatoms. The van der Waals surface area contributed by atoms with E-state index in [-0.39, 0.29) is 36.7 Å². The first-order valence-electron chi connectivity index (χ1n) is 9.55. The second kappa shape index (κ2) is 10.8. The molecule has 2 aromatic carbocycles. The first-order chi connectivity index (χ1) is 14.4. The van der Waals surface area contributed by atoms with Gasteiger partial charge in [0.05, 0.1) is 14.2 Å². The number of rotatable bonds is 9. The summed E-state index contributed by atoms with van der Waals surface area (Å²) in [6, 6.07) is 11.7. The van der Waals surface area contributed by atoms with Gasteiger partial charge in [0, 0.05) is 30.3 Å². The Morgan fingerprint density at radius 3 is 1.87 bits per heavy atom. The van der Waals surface area contributed by atoms with Gasteiger partial charge in [-0.2, -0.15) is 0 Å². The highest BCUT2D eigenvalue weighted by atomic mass is 16.5. The fourth-order valence-corrected chi connectivity index (χ4v) is 2.61. The van der Waals surface area contributed by atoms with Crippen LogP contribution in [0.4, 0.5) is 5.69 Å². The lowest BCUT2D eigenvalue weighted by molar-refractivity contribution is -0.118. The van der Waals surface area contributed by atoms with Crippen LogP contribution in [0, 0.1) is 5.92 Å². The molecular formula is C22H27N3O5. The van der Waals surface area contributed by atoms with Gasteiger partial charge in [0.2, 0.25) is 5.91 Å². The van der Waals surface area contributed by atoms with Crippen LogP contribution in [0.25, 0.3) is 0 Å². The number of nitrogens with one attached hydrogen (secondary N) is 3. The second-order valence-electron chi connectivity index (χ2n) is 6.77. The minimum Gasteiger partial charge on any atom is -0.496 e. The number of hydrogen-bond acceptors (Lipinski definition) is 5. The van der Waals surface area contributed by atoms with E-state index in [0.29, 0.717) is 28.3 Å². The third-order valence-electron chi connectivity index (χ3n) is 4.29. The molecule has 0 fully saturated rings. The molecule has 3 N–H and O–H groups in total. The van der Waals surface area contributed by atoms with Gasteiger partial charge in [-0.25, -0.2) is 0 Å². The molecule has 160 valence electrons. The molecule has 0 aliphatic heterocycles. The summed E-state index contributed by atoms with van der Waals surface area (Å²) in [5, 5.41) is 8.24. The fourth-order valence-electron chi connectivity index (χ4n) is 2.61. The molecule has 0 radical (unpaired) electrons. The number of methoxy groups -OCH3 is 2. The van der Waals surface area contributed by atoms with Crippen molar-refractivity contribution in [1.29, 1.82) is 0 Å². The van der Waals surface area contributed by atoms with Crippen molar-refractivity contribution in [3.8, 4) is 11.5 Å². The van der Waals surface area contributed by atoms with Crippen LogP contribution < -0.4 is 25.4 Å². The maximum Gasteiger partial charge on any atom is 0.258 e. The van der Waals surface area contributed by atoms with Gasteiger partial charge in [-0.3, -0.25) is 14.4 Å². The van der Waals surface area contributed by atoms with E-state index in [0.717, 1.165) is 0 Å². The summed E-state index contributed by atoms with van der Waals surface area (Å²) in [7, 11) is 2.95. The van der Waals surface area contributed by atoms with E-state index in [4.69, 9.17) is 9.47 Å². The molecule has 2 rings (SSSR count). The van der Waals surface area contributed by atoms with Crippen molar-refractivity contribution in [2.45, 2.75) is 13.8 Å². The van der Waals surface area contributed by atoms with E-state index in [1.165, 1.54) is 14.2 Å². The number of benzene rings is 2. The van der Waals surface area contributed by atoms with Crippen LogP contribution in [0.5, 0.6) is 11.5 Å². The van der Waals surface area contributed by atoms with Gasteiger partial charge in [-0.15, -0.1) is 0 Å². The number of amides is 3. The third kappa shape index (κ3) is 5.97.